The zero-order valence-corrected chi connectivity index (χ0v) is 18.8. The van der Waals surface area contributed by atoms with E-state index in [0.29, 0.717) is 12.4 Å². The van der Waals surface area contributed by atoms with Crippen LogP contribution < -0.4 is 4.90 Å². The summed E-state index contributed by atoms with van der Waals surface area (Å²) in [6, 6.07) is 9.71. The molecule has 0 spiro atoms. The molecule has 3 heterocycles. The summed E-state index contributed by atoms with van der Waals surface area (Å²) in [4.78, 5) is 37.8. The number of urea groups is 1. The molecule has 3 aliphatic rings. The molecule has 0 radical (unpaired) electrons. The number of amides is 3. The number of benzene rings is 1. The van der Waals surface area contributed by atoms with Gasteiger partial charge in [-0.3, -0.25) is 19.5 Å². The number of imide groups is 1. The fourth-order valence-electron chi connectivity index (χ4n) is 4.57. The number of likely N-dealkylation sites (N-methyl/N-ethyl adjacent to an activating group) is 2. The molecule has 0 saturated carbocycles. The molecule has 0 aromatic heterocycles. The molecule has 0 bridgehead atoms. The first-order valence-corrected chi connectivity index (χ1v) is 11.3. The molecule has 1 aromatic carbocycles. The molecule has 3 amide bonds. The lowest BCUT2D eigenvalue weighted by molar-refractivity contribution is -0.537. The third-order valence-electron chi connectivity index (χ3n) is 6.47. The Labute approximate surface area is 184 Å². The van der Waals surface area contributed by atoms with Gasteiger partial charge in [0.05, 0.1) is 6.54 Å². The largest absolute Gasteiger partial charge is 0.369 e. The number of unbranched alkanes of at least 4 members (excludes halogenated alkanes) is 2. The maximum absolute atomic E-state index is 13.0. The molecule has 4 rings (SSSR count). The summed E-state index contributed by atoms with van der Waals surface area (Å²) in [6.45, 7) is 7.48. The third kappa shape index (κ3) is 4.21. The van der Waals surface area contributed by atoms with Crippen LogP contribution in [0.3, 0.4) is 0 Å². The Bertz CT molecular complexity index is 889. The second-order valence-electron chi connectivity index (χ2n) is 8.53. The molecule has 1 unspecified atom stereocenters. The van der Waals surface area contributed by atoms with Crippen LogP contribution in [-0.4, -0.2) is 102 Å². The number of piperazine rings is 1. The SMILES string of the molecule is CCCCC[N+]1=C(CN2CCN(c3ccccc3)CC2)N=C2C1C(=O)N(C)C(=O)N2C. The lowest BCUT2D eigenvalue weighted by Crippen LogP contribution is -2.61. The second-order valence-corrected chi connectivity index (χ2v) is 8.53. The van der Waals surface area contributed by atoms with Crippen molar-refractivity contribution in [1.82, 2.24) is 14.7 Å². The molecule has 8 heteroatoms. The highest BCUT2D eigenvalue weighted by atomic mass is 16.2. The van der Waals surface area contributed by atoms with Crippen LogP contribution in [0, 0.1) is 0 Å². The topological polar surface area (TPSA) is 62.5 Å². The van der Waals surface area contributed by atoms with Gasteiger partial charge >= 0.3 is 11.9 Å². The van der Waals surface area contributed by atoms with Gasteiger partial charge in [0, 0.05) is 46.0 Å². The Morgan fingerprint density at radius 2 is 1.71 bits per heavy atom. The van der Waals surface area contributed by atoms with Crippen molar-refractivity contribution in [3.63, 3.8) is 0 Å². The first-order valence-electron chi connectivity index (χ1n) is 11.3. The Balaban J connectivity index is 1.50. The summed E-state index contributed by atoms with van der Waals surface area (Å²) in [5.74, 6) is 1.30. The molecule has 31 heavy (non-hydrogen) atoms. The highest BCUT2D eigenvalue weighted by molar-refractivity contribution is 6.23. The van der Waals surface area contributed by atoms with Crippen molar-refractivity contribution in [2.75, 3.05) is 58.3 Å². The average Bonchev–Trinajstić information content (AvgIpc) is 3.15. The minimum atomic E-state index is -0.481. The number of amidine groups is 2. The number of rotatable bonds is 7. The Kier molecular flexibility index (Phi) is 6.36. The van der Waals surface area contributed by atoms with E-state index >= 15 is 0 Å². The summed E-state index contributed by atoms with van der Waals surface area (Å²) in [7, 11) is 3.27. The van der Waals surface area contributed by atoms with E-state index in [-0.39, 0.29) is 11.9 Å². The van der Waals surface area contributed by atoms with Gasteiger partial charge in [-0.25, -0.2) is 9.37 Å². The van der Waals surface area contributed by atoms with E-state index in [1.54, 1.807) is 14.1 Å². The van der Waals surface area contributed by atoms with Crippen molar-refractivity contribution in [1.29, 1.82) is 0 Å². The molecule has 1 aromatic rings. The van der Waals surface area contributed by atoms with Crippen LogP contribution in [0.2, 0.25) is 0 Å². The maximum atomic E-state index is 13.0. The van der Waals surface area contributed by atoms with E-state index < -0.39 is 6.04 Å². The fourth-order valence-corrected chi connectivity index (χ4v) is 4.57. The van der Waals surface area contributed by atoms with E-state index in [4.69, 9.17) is 4.99 Å². The second kappa shape index (κ2) is 9.18. The van der Waals surface area contributed by atoms with E-state index in [1.807, 2.05) is 6.07 Å². The molecule has 1 atom stereocenters. The van der Waals surface area contributed by atoms with Gasteiger partial charge in [-0.05, 0) is 30.0 Å². The summed E-state index contributed by atoms with van der Waals surface area (Å²) < 4.78 is 2.14. The molecular weight excluding hydrogens is 392 g/mol. The molecule has 0 N–H and O–H groups in total. The number of hydrogen-bond acceptors (Lipinski definition) is 5. The van der Waals surface area contributed by atoms with Crippen molar-refractivity contribution in [2.24, 2.45) is 4.99 Å². The van der Waals surface area contributed by atoms with Crippen molar-refractivity contribution < 1.29 is 14.2 Å². The van der Waals surface area contributed by atoms with Crippen LogP contribution in [0.5, 0.6) is 0 Å². The number of para-hydroxylation sites is 1. The molecule has 8 nitrogen and oxygen atoms in total. The van der Waals surface area contributed by atoms with Gasteiger partial charge in [0.15, 0.2) is 0 Å². The zero-order valence-electron chi connectivity index (χ0n) is 18.8. The smallest absolute Gasteiger partial charge is 0.333 e. The number of anilines is 1. The van der Waals surface area contributed by atoms with Crippen LogP contribution in [-0.2, 0) is 4.79 Å². The van der Waals surface area contributed by atoms with Gasteiger partial charge in [0.25, 0.3) is 17.8 Å². The summed E-state index contributed by atoms with van der Waals surface area (Å²) in [5.41, 5.74) is 1.26. The van der Waals surface area contributed by atoms with Crippen molar-refractivity contribution in [3.05, 3.63) is 30.3 Å². The number of aliphatic imine (C=N–C) groups is 1. The summed E-state index contributed by atoms with van der Waals surface area (Å²) in [5, 5.41) is 0. The molecular formula is C23H33N6O2+. The number of carbonyl (C=O) groups excluding carboxylic acids is 2. The number of hydrogen-bond donors (Lipinski definition) is 0. The normalized spacial score (nSPS) is 22.4. The van der Waals surface area contributed by atoms with E-state index in [2.05, 4.69) is 45.6 Å². The first kappa shape index (κ1) is 21.5. The Morgan fingerprint density at radius 1 is 1.00 bits per heavy atom. The lowest BCUT2D eigenvalue weighted by atomic mass is 10.1. The van der Waals surface area contributed by atoms with Gasteiger partial charge in [-0.15, -0.1) is 0 Å². The molecule has 3 aliphatic heterocycles. The molecule has 2 saturated heterocycles. The third-order valence-corrected chi connectivity index (χ3v) is 6.47. The van der Waals surface area contributed by atoms with Crippen LogP contribution in [0.25, 0.3) is 0 Å². The highest BCUT2D eigenvalue weighted by Crippen LogP contribution is 2.21. The summed E-state index contributed by atoms with van der Waals surface area (Å²) >= 11 is 0. The van der Waals surface area contributed by atoms with E-state index in [0.717, 1.165) is 57.8 Å². The van der Waals surface area contributed by atoms with Crippen LogP contribution in [0.15, 0.2) is 35.3 Å². The molecule has 2 fully saturated rings. The molecule has 166 valence electrons. The van der Waals surface area contributed by atoms with Gasteiger partial charge in [-0.1, -0.05) is 31.5 Å². The fraction of sp³-hybridized carbons (Fsp3) is 0.565. The van der Waals surface area contributed by atoms with E-state index in [9.17, 15) is 9.59 Å². The Morgan fingerprint density at radius 3 is 2.39 bits per heavy atom. The van der Waals surface area contributed by atoms with Crippen molar-refractivity contribution in [3.8, 4) is 0 Å². The monoisotopic (exact) mass is 425 g/mol. The van der Waals surface area contributed by atoms with Gasteiger partial charge in [0.2, 0.25) is 0 Å². The van der Waals surface area contributed by atoms with Gasteiger partial charge in [-0.2, -0.15) is 0 Å². The quantitative estimate of drug-likeness (QED) is 0.493. The number of nitrogens with zero attached hydrogens (tertiary/aromatic N) is 6. The van der Waals surface area contributed by atoms with Gasteiger partial charge in [0.1, 0.15) is 6.54 Å². The first-order chi connectivity index (χ1) is 15.0. The minimum Gasteiger partial charge on any atom is -0.369 e. The van der Waals surface area contributed by atoms with Crippen LogP contribution in [0.1, 0.15) is 26.2 Å². The minimum absolute atomic E-state index is 0.178. The number of carbonyl (C=O) groups is 2. The lowest BCUT2D eigenvalue weighted by Gasteiger charge is -2.35. The predicted molar refractivity (Wildman–Crippen MR) is 122 cm³/mol. The highest BCUT2D eigenvalue weighted by Gasteiger charge is 2.52. The van der Waals surface area contributed by atoms with Crippen LogP contribution in [0.4, 0.5) is 10.5 Å². The Hall–Kier alpha value is -2.74. The van der Waals surface area contributed by atoms with Crippen molar-refractivity contribution in [2.45, 2.75) is 32.2 Å². The summed E-state index contributed by atoms with van der Waals surface area (Å²) in [6.07, 6.45) is 3.24. The predicted octanol–water partition coefficient (Wildman–Crippen LogP) is 1.71. The van der Waals surface area contributed by atoms with E-state index in [1.165, 1.54) is 15.5 Å². The maximum Gasteiger partial charge on any atom is 0.333 e. The van der Waals surface area contributed by atoms with Crippen molar-refractivity contribution >= 4 is 29.3 Å². The number of fused-ring (bicyclic) bond motifs is 1. The average molecular weight is 426 g/mol. The van der Waals surface area contributed by atoms with Crippen LogP contribution >= 0.6 is 0 Å². The zero-order chi connectivity index (χ0) is 22.0. The van der Waals surface area contributed by atoms with Gasteiger partial charge < -0.3 is 4.90 Å². The standard InChI is InChI=1S/C23H33N6O2/c1-4-5-9-12-29-19(24-21-20(29)22(30)26(3)23(31)25(21)2)17-27-13-15-28(16-14-27)18-10-7-6-8-11-18/h6-8,10-11,20H,4-5,9,12-17H2,1-3H3/q+1. The molecule has 0 aliphatic carbocycles.